The van der Waals surface area contributed by atoms with Gasteiger partial charge in [0.15, 0.2) is 11.7 Å². The number of nitrogens with two attached hydrogens (primary N) is 1. The summed E-state index contributed by atoms with van der Waals surface area (Å²) in [5, 5.41) is 39.9. The summed E-state index contributed by atoms with van der Waals surface area (Å²) in [4.78, 5) is 23.4. The van der Waals surface area contributed by atoms with Crippen molar-refractivity contribution < 1.29 is 20.1 Å². The van der Waals surface area contributed by atoms with Crippen LogP contribution in [0.2, 0.25) is 0 Å². The molecule has 1 aromatic carbocycles. The van der Waals surface area contributed by atoms with Crippen LogP contribution >= 0.6 is 22.7 Å². The lowest BCUT2D eigenvalue weighted by atomic mass is 9.57. The maximum atomic E-state index is 15.0. The van der Waals surface area contributed by atoms with Crippen LogP contribution in [0.1, 0.15) is 103 Å². The predicted molar refractivity (Wildman–Crippen MR) is 223 cm³/mol. The number of Topliss-reactive ketones (excluding diaryl/α,β-unsaturated/α-hetero) is 1. The average molecular weight is 777 g/mol. The van der Waals surface area contributed by atoms with Crippen LogP contribution in [0.4, 0.5) is 5.69 Å². The first kappa shape index (κ1) is 37.8. The van der Waals surface area contributed by atoms with Gasteiger partial charge in [0.25, 0.3) is 0 Å². The molecule has 288 valence electrons. The molecule has 8 nitrogen and oxygen atoms in total. The number of carbonyl (C=O) groups is 1. The number of guanidine groups is 1. The standard InChI is InChI=1S/C45H52N4O4S2/c1-4-7-31-12-16-38(54-31)39-17-18-40(55-39)42(53)34-14-11-27-22-44(34)23-29(45(25-44)19-6-9-30(45)24-50)8-5-10-32-28(20-36(27)49-43(46)47-3)21-37(52)33-13-15-35(26(2)51)48-41(32)33/h12-13,15-18,21,26-27,29-30,34-36,48,50-52H,6,8-9,11,14,19-20,22-25H2,1-3H3,(H3,46,47,49)/t26-,27+,29+,30+,34-,35+,36-,44+,45-/m0/s1. The Balaban J connectivity index is 1.22. The van der Waals surface area contributed by atoms with Crippen LogP contribution in [0.3, 0.4) is 0 Å². The van der Waals surface area contributed by atoms with Crippen LogP contribution in [0.25, 0.3) is 15.8 Å². The molecule has 5 aliphatic rings. The van der Waals surface area contributed by atoms with E-state index in [0.717, 1.165) is 87.7 Å². The molecule has 3 saturated carbocycles. The number of hydrogen-bond donors (Lipinski definition) is 6. The van der Waals surface area contributed by atoms with Crippen molar-refractivity contribution in [1.82, 2.24) is 5.32 Å². The van der Waals surface area contributed by atoms with Gasteiger partial charge in [-0.2, -0.15) is 0 Å². The van der Waals surface area contributed by atoms with Crippen molar-refractivity contribution >= 4 is 46.2 Å². The Morgan fingerprint density at radius 1 is 1.18 bits per heavy atom. The molecule has 1 aliphatic heterocycles. The number of phenolic OH excluding ortho intramolecular Hbond substituents is 1. The predicted octanol–water partition coefficient (Wildman–Crippen LogP) is 7.42. The number of phenols is 1. The molecule has 0 unspecified atom stereocenters. The largest absolute Gasteiger partial charge is 0.507 e. The Kier molecular flexibility index (Phi) is 10.4. The van der Waals surface area contributed by atoms with Crippen LogP contribution in [0.5, 0.6) is 5.75 Å². The lowest BCUT2D eigenvalue weighted by Crippen LogP contribution is -2.50. The SMILES string of the molecule is CC#Cc1ccc(-c2ccc(C(=O)[C@@H]3CC[C@@H]4C[C@]35C[C@@H](CC#Cc3c(cc(O)c6c3N[C@@H]([C@H](C)O)C=C6)C[C@@H]4NC(N)=NC)[C@]3(CCC[C@@H]3CO)C5)s2)s1. The normalized spacial score (nSPS) is 31.4. The van der Waals surface area contributed by atoms with Crippen LogP contribution in [0, 0.1) is 58.2 Å². The van der Waals surface area contributed by atoms with Gasteiger partial charge in [-0.1, -0.05) is 36.3 Å². The molecule has 7 N–H and O–H groups in total. The highest BCUT2D eigenvalue weighted by atomic mass is 32.1. The van der Waals surface area contributed by atoms with Gasteiger partial charge in [0.05, 0.1) is 33.2 Å². The lowest BCUT2D eigenvalue weighted by Gasteiger charge is -2.48. The molecule has 2 aromatic heterocycles. The molecule has 3 heterocycles. The minimum Gasteiger partial charge on any atom is -0.507 e. The third-order valence-electron chi connectivity index (χ3n) is 13.7. The zero-order valence-electron chi connectivity index (χ0n) is 32.0. The first-order chi connectivity index (χ1) is 26.6. The van der Waals surface area contributed by atoms with Gasteiger partial charge < -0.3 is 31.7 Å². The number of aliphatic hydroxyl groups excluding tert-OH is 2. The Morgan fingerprint density at radius 2 is 2.00 bits per heavy atom. The number of hydrogen-bond acceptors (Lipinski definition) is 8. The van der Waals surface area contributed by atoms with Crippen molar-refractivity contribution in [2.75, 3.05) is 19.0 Å². The number of rotatable bonds is 6. The smallest absolute Gasteiger partial charge is 0.188 e. The zero-order chi connectivity index (χ0) is 38.5. The van der Waals surface area contributed by atoms with Crippen molar-refractivity contribution in [3.05, 3.63) is 62.9 Å². The number of nitrogens with zero attached hydrogens (tertiary/aromatic N) is 1. The van der Waals surface area contributed by atoms with Crippen LogP contribution in [-0.4, -0.2) is 58.9 Å². The fourth-order valence-corrected chi connectivity index (χ4v) is 13.3. The number of ketones is 1. The molecule has 3 aromatic rings. The van der Waals surface area contributed by atoms with Gasteiger partial charge in [-0.15, -0.1) is 28.6 Å². The Morgan fingerprint density at radius 3 is 2.78 bits per heavy atom. The van der Waals surface area contributed by atoms with Gasteiger partial charge >= 0.3 is 0 Å². The van der Waals surface area contributed by atoms with Crippen molar-refractivity contribution in [2.24, 2.45) is 45.2 Å². The molecule has 0 amide bonds. The summed E-state index contributed by atoms with van der Waals surface area (Å²) in [5.41, 5.74) is 9.28. The van der Waals surface area contributed by atoms with E-state index < -0.39 is 6.10 Å². The number of aromatic hydroxyl groups is 1. The molecule has 4 aliphatic carbocycles. The van der Waals surface area contributed by atoms with Crippen molar-refractivity contribution in [3.63, 3.8) is 0 Å². The summed E-state index contributed by atoms with van der Waals surface area (Å²) in [6.07, 6.45) is 11.8. The second-order valence-electron chi connectivity index (χ2n) is 16.7. The highest BCUT2D eigenvalue weighted by molar-refractivity contribution is 7.23. The third kappa shape index (κ3) is 6.80. The van der Waals surface area contributed by atoms with E-state index in [4.69, 9.17) is 5.73 Å². The fraction of sp³-hybridized carbons (Fsp3) is 0.511. The average Bonchev–Trinajstić information content (AvgIpc) is 3.99. The topological polar surface area (TPSA) is 140 Å². The molecule has 3 bridgehead atoms. The first-order valence-electron chi connectivity index (χ1n) is 19.8. The van der Waals surface area contributed by atoms with Gasteiger partial charge in [0.1, 0.15) is 5.75 Å². The Labute approximate surface area is 332 Å². The number of benzene rings is 1. The molecule has 0 saturated heterocycles. The summed E-state index contributed by atoms with van der Waals surface area (Å²) >= 11 is 3.26. The van der Waals surface area contributed by atoms with Crippen molar-refractivity contribution in [2.45, 2.75) is 96.2 Å². The third-order valence-corrected chi connectivity index (χ3v) is 16.0. The Hall–Kier alpha value is -4.06. The van der Waals surface area contributed by atoms with E-state index in [-0.39, 0.29) is 64.7 Å². The van der Waals surface area contributed by atoms with Crippen molar-refractivity contribution in [1.29, 1.82) is 0 Å². The molecular weight excluding hydrogens is 725 g/mol. The molecular formula is C45H52N4O4S2. The van der Waals surface area contributed by atoms with E-state index in [0.29, 0.717) is 24.4 Å². The lowest BCUT2D eigenvalue weighted by molar-refractivity contribution is 0.0241. The van der Waals surface area contributed by atoms with Crippen LogP contribution < -0.4 is 16.4 Å². The van der Waals surface area contributed by atoms with Gasteiger partial charge in [-0.25, -0.2) is 0 Å². The maximum Gasteiger partial charge on any atom is 0.188 e. The van der Waals surface area contributed by atoms with E-state index in [9.17, 15) is 20.1 Å². The zero-order valence-corrected chi connectivity index (χ0v) is 33.6. The second kappa shape index (κ2) is 15.1. The molecule has 9 atom stereocenters. The van der Waals surface area contributed by atoms with E-state index in [1.54, 1.807) is 36.6 Å². The number of aliphatic imine (C=N–C) groups is 1. The second-order valence-corrected chi connectivity index (χ2v) is 18.8. The Bertz CT molecular complexity index is 2160. The highest BCUT2D eigenvalue weighted by Gasteiger charge is 2.63. The molecule has 8 rings (SSSR count). The summed E-state index contributed by atoms with van der Waals surface area (Å²) in [7, 11) is 1.69. The number of aliphatic hydroxyl groups is 2. The van der Waals surface area contributed by atoms with E-state index in [2.05, 4.69) is 57.5 Å². The van der Waals surface area contributed by atoms with Crippen LogP contribution in [-0.2, 0) is 6.42 Å². The molecule has 0 radical (unpaired) electrons. The van der Waals surface area contributed by atoms with E-state index in [1.165, 1.54) is 0 Å². The highest BCUT2D eigenvalue weighted by Crippen LogP contribution is 2.69. The minimum absolute atomic E-state index is 0.0886. The first-order valence-corrected chi connectivity index (χ1v) is 21.5. The quantitative estimate of drug-likeness (QED) is 0.0663. The molecule has 3 fully saturated rings. The van der Waals surface area contributed by atoms with Gasteiger partial charge in [0.2, 0.25) is 0 Å². The van der Waals surface area contributed by atoms with Crippen LogP contribution in [0.15, 0.2) is 41.4 Å². The van der Waals surface area contributed by atoms with Gasteiger partial charge in [0, 0.05) is 47.4 Å². The van der Waals surface area contributed by atoms with E-state index >= 15 is 0 Å². The summed E-state index contributed by atoms with van der Waals surface area (Å²) in [5.74, 6) is 14.6. The number of anilines is 1. The van der Waals surface area contributed by atoms with Gasteiger partial charge in [-0.3, -0.25) is 9.79 Å². The summed E-state index contributed by atoms with van der Waals surface area (Å²) in [6.45, 7) is 3.76. The summed E-state index contributed by atoms with van der Waals surface area (Å²) in [6, 6.07) is 9.69. The van der Waals surface area contributed by atoms with Crippen molar-refractivity contribution in [3.8, 4) is 39.2 Å². The minimum atomic E-state index is -0.635. The number of fused-ring (bicyclic) bond motifs is 6. The molecule has 55 heavy (non-hydrogen) atoms. The number of carbonyl (C=O) groups excluding carboxylic acids is 1. The number of thiophene rings is 2. The molecule has 10 heteroatoms. The van der Waals surface area contributed by atoms with E-state index in [1.807, 2.05) is 31.2 Å². The monoisotopic (exact) mass is 776 g/mol. The number of nitrogens with one attached hydrogen (secondary N) is 2. The maximum absolute atomic E-state index is 15.0. The van der Waals surface area contributed by atoms with Gasteiger partial charge in [-0.05, 0) is 130 Å². The fourth-order valence-electron chi connectivity index (χ4n) is 11.3. The summed E-state index contributed by atoms with van der Waals surface area (Å²) < 4.78 is 0. The molecule has 2 spiro atoms.